The number of benzene rings is 4. The molecular weight excluding hydrogens is 615 g/mol. The normalized spacial score (nSPS) is 11.2. The van der Waals surface area contributed by atoms with Gasteiger partial charge < -0.3 is 0 Å². The van der Waals surface area contributed by atoms with E-state index in [1.807, 2.05) is 109 Å². The molecule has 0 bridgehead atoms. The Hall–Kier alpha value is -6.99. The predicted molar refractivity (Wildman–Crippen MR) is 199 cm³/mol. The third-order valence-corrected chi connectivity index (χ3v) is 8.74. The third-order valence-electron chi connectivity index (χ3n) is 8.74. The van der Waals surface area contributed by atoms with E-state index >= 15 is 0 Å². The van der Waals surface area contributed by atoms with Gasteiger partial charge in [0.05, 0.1) is 16.9 Å². The largest absolute Gasteiger partial charge is 0.264 e. The van der Waals surface area contributed by atoms with E-state index in [0.29, 0.717) is 23.2 Å². The van der Waals surface area contributed by atoms with Crippen LogP contribution >= 0.6 is 0 Å². The first-order valence-electron chi connectivity index (χ1n) is 16.3. The summed E-state index contributed by atoms with van der Waals surface area (Å²) in [6.07, 6.45) is 7.26. The Morgan fingerprint density at radius 3 is 1.66 bits per heavy atom. The van der Waals surface area contributed by atoms with Crippen LogP contribution in [0.3, 0.4) is 0 Å². The van der Waals surface area contributed by atoms with E-state index in [2.05, 4.69) is 47.4 Å². The highest BCUT2D eigenvalue weighted by Gasteiger charge is 2.16. The summed E-state index contributed by atoms with van der Waals surface area (Å²) in [5, 5.41) is 3.33. The Bertz CT molecular complexity index is 2640. The number of rotatable bonds is 6. The van der Waals surface area contributed by atoms with Gasteiger partial charge in [-0.2, -0.15) is 0 Å². The highest BCUT2D eigenvalue weighted by atomic mass is 15.0. The van der Waals surface area contributed by atoms with Gasteiger partial charge in [0, 0.05) is 46.7 Å². The fraction of sp³-hybridized carbons (Fsp3) is 0. The number of nitrogens with zero attached hydrogens (tertiary/aromatic N) is 7. The zero-order chi connectivity index (χ0) is 33.3. The SMILES string of the molecule is c1ccc(-c2nc(-c3ccc(-c4cccnc4)cc3)nc(-c3cc(-c4ccnc(-c5nc6ccccc6c6ccccc56)c4)ccn3)n2)cc1. The van der Waals surface area contributed by atoms with Crippen LogP contribution in [-0.2, 0) is 0 Å². The van der Waals surface area contributed by atoms with Gasteiger partial charge in [0.25, 0.3) is 0 Å². The summed E-state index contributed by atoms with van der Waals surface area (Å²) in [6, 6.07) is 46.8. The smallest absolute Gasteiger partial charge is 0.182 e. The molecule has 0 unspecified atom stereocenters. The molecule has 5 heterocycles. The number of pyridine rings is 4. The molecule has 7 heteroatoms. The number of hydrogen-bond donors (Lipinski definition) is 0. The van der Waals surface area contributed by atoms with Crippen molar-refractivity contribution in [2.75, 3.05) is 0 Å². The highest BCUT2D eigenvalue weighted by molar-refractivity contribution is 6.10. The maximum atomic E-state index is 5.07. The molecule has 50 heavy (non-hydrogen) atoms. The molecule has 0 radical (unpaired) electrons. The molecule has 0 saturated heterocycles. The van der Waals surface area contributed by atoms with Crippen molar-refractivity contribution in [2.24, 2.45) is 0 Å². The number of para-hydroxylation sites is 1. The number of aromatic nitrogens is 7. The summed E-state index contributed by atoms with van der Waals surface area (Å²) < 4.78 is 0. The average molecular weight is 642 g/mol. The van der Waals surface area contributed by atoms with Crippen molar-refractivity contribution >= 4 is 21.7 Å². The van der Waals surface area contributed by atoms with E-state index in [4.69, 9.17) is 29.9 Å². The van der Waals surface area contributed by atoms with Gasteiger partial charge in [0.2, 0.25) is 0 Å². The summed E-state index contributed by atoms with van der Waals surface area (Å²) in [5.41, 5.74) is 9.06. The third kappa shape index (κ3) is 5.52. The lowest BCUT2D eigenvalue weighted by Crippen LogP contribution is -2.01. The van der Waals surface area contributed by atoms with E-state index in [0.717, 1.165) is 66.4 Å². The number of fused-ring (bicyclic) bond motifs is 3. The maximum absolute atomic E-state index is 5.07. The van der Waals surface area contributed by atoms with Crippen molar-refractivity contribution < 1.29 is 0 Å². The van der Waals surface area contributed by atoms with E-state index in [1.165, 1.54) is 0 Å². The summed E-state index contributed by atoms with van der Waals surface area (Å²) in [5.74, 6) is 1.64. The second-order valence-corrected chi connectivity index (χ2v) is 11.9. The Morgan fingerprint density at radius 1 is 0.340 bits per heavy atom. The molecule has 0 spiro atoms. The molecule has 7 nitrogen and oxygen atoms in total. The second kappa shape index (κ2) is 12.6. The van der Waals surface area contributed by atoms with E-state index in [9.17, 15) is 0 Å². The molecule has 0 aliphatic rings. The summed E-state index contributed by atoms with van der Waals surface area (Å²) in [6.45, 7) is 0. The predicted octanol–water partition coefficient (Wildman–Crippen LogP) is 9.76. The van der Waals surface area contributed by atoms with Gasteiger partial charge >= 0.3 is 0 Å². The van der Waals surface area contributed by atoms with Gasteiger partial charge in [-0.1, -0.05) is 103 Å². The second-order valence-electron chi connectivity index (χ2n) is 11.9. The summed E-state index contributed by atoms with van der Waals surface area (Å²) in [7, 11) is 0. The van der Waals surface area contributed by atoms with E-state index < -0.39 is 0 Å². The van der Waals surface area contributed by atoms with Crippen molar-refractivity contribution in [2.45, 2.75) is 0 Å². The van der Waals surface area contributed by atoms with Crippen LogP contribution in [0.25, 0.3) is 89.6 Å². The molecule has 0 atom stereocenters. The minimum Gasteiger partial charge on any atom is -0.264 e. The van der Waals surface area contributed by atoms with Gasteiger partial charge in [-0.05, 0) is 64.0 Å². The Labute approximate surface area is 288 Å². The van der Waals surface area contributed by atoms with E-state index in [1.54, 1.807) is 12.4 Å². The number of hydrogen-bond acceptors (Lipinski definition) is 7. The molecule has 0 amide bonds. The molecule has 0 N–H and O–H groups in total. The first-order valence-corrected chi connectivity index (χ1v) is 16.3. The Kier molecular flexibility index (Phi) is 7.33. The lowest BCUT2D eigenvalue weighted by atomic mass is 10.0. The van der Waals surface area contributed by atoms with Crippen LogP contribution in [-0.4, -0.2) is 34.9 Å². The van der Waals surface area contributed by atoms with Crippen molar-refractivity contribution in [3.05, 3.63) is 164 Å². The summed E-state index contributed by atoms with van der Waals surface area (Å²) in [4.78, 5) is 33.6. The fourth-order valence-corrected chi connectivity index (χ4v) is 6.25. The van der Waals surface area contributed by atoms with Crippen LogP contribution in [0.15, 0.2) is 164 Å². The van der Waals surface area contributed by atoms with Crippen molar-refractivity contribution in [1.82, 2.24) is 34.9 Å². The summed E-state index contributed by atoms with van der Waals surface area (Å²) >= 11 is 0. The quantitative estimate of drug-likeness (QED) is 0.167. The minimum atomic E-state index is 0.489. The zero-order valence-electron chi connectivity index (χ0n) is 26.7. The van der Waals surface area contributed by atoms with Gasteiger partial charge in [-0.25, -0.2) is 19.9 Å². The molecule has 0 aliphatic heterocycles. The Balaban J connectivity index is 1.13. The highest BCUT2D eigenvalue weighted by Crippen LogP contribution is 2.34. The molecule has 234 valence electrons. The van der Waals surface area contributed by atoms with Crippen LogP contribution in [0.2, 0.25) is 0 Å². The standard InChI is InChI=1S/C43H27N7/c1-2-9-29(10-3-1)41-48-42(30-18-16-28(17-19-30)33-11-8-22-44-27-33)50-43(49-41)39-26-32(21-24-46-39)31-20-23-45-38(25-31)40-36-14-5-4-12-34(36)35-13-6-7-15-37(35)47-40/h1-27H. The van der Waals surface area contributed by atoms with Gasteiger partial charge in [0.15, 0.2) is 17.5 Å². The van der Waals surface area contributed by atoms with Gasteiger partial charge in [-0.15, -0.1) is 0 Å². The molecule has 0 saturated carbocycles. The van der Waals surface area contributed by atoms with E-state index in [-0.39, 0.29) is 0 Å². The van der Waals surface area contributed by atoms with Crippen LogP contribution in [0, 0.1) is 0 Å². The molecular formula is C43H27N7. The minimum absolute atomic E-state index is 0.489. The topological polar surface area (TPSA) is 90.2 Å². The molecule has 4 aromatic carbocycles. The lowest BCUT2D eigenvalue weighted by molar-refractivity contribution is 1.06. The van der Waals surface area contributed by atoms with Crippen LogP contribution in [0.4, 0.5) is 0 Å². The molecule has 0 aliphatic carbocycles. The zero-order valence-corrected chi connectivity index (χ0v) is 26.7. The molecule has 9 rings (SSSR count). The first-order chi connectivity index (χ1) is 24.8. The van der Waals surface area contributed by atoms with Crippen LogP contribution in [0.1, 0.15) is 0 Å². The van der Waals surface area contributed by atoms with Gasteiger partial charge in [0.1, 0.15) is 5.69 Å². The molecule has 0 fully saturated rings. The lowest BCUT2D eigenvalue weighted by Gasteiger charge is -2.11. The van der Waals surface area contributed by atoms with Crippen molar-refractivity contribution in [1.29, 1.82) is 0 Å². The van der Waals surface area contributed by atoms with Crippen molar-refractivity contribution in [3.63, 3.8) is 0 Å². The maximum Gasteiger partial charge on any atom is 0.182 e. The fourth-order valence-electron chi connectivity index (χ4n) is 6.25. The van der Waals surface area contributed by atoms with Crippen LogP contribution < -0.4 is 0 Å². The molecule has 9 aromatic rings. The first kappa shape index (κ1) is 29.2. The average Bonchev–Trinajstić information content (AvgIpc) is 3.21. The van der Waals surface area contributed by atoms with Crippen LogP contribution in [0.5, 0.6) is 0 Å². The molecule has 5 aromatic heterocycles. The van der Waals surface area contributed by atoms with Gasteiger partial charge in [-0.3, -0.25) is 15.0 Å². The monoisotopic (exact) mass is 641 g/mol. The Morgan fingerprint density at radius 2 is 0.920 bits per heavy atom. The van der Waals surface area contributed by atoms with Crippen molar-refractivity contribution in [3.8, 4) is 67.9 Å².